The number of carboxylic acids is 1. The molecule has 1 unspecified atom stereocenters. The number of aliphatic carboxylic acids is 1. The van der Waals surface area contributed by atoms with Crippen LogP contribution in [0.2, 0.25) is 0 Å². The van der Waals surface area contributed by atoms with Crippen LogP contribution in [0.5, 0.6) is 0 Å². The van der Waals surface area contributed by atoms with Gasteiger partial charge in [0.2, 0.25) is 0 Å². The van der Waals surface area contributed by atoms with Gasteiger partial charge < -0.3 is 25.0 Å². The third-order valence-electron chi connectivity index (χ3n) is 4.87. The van der Waals surface area contributed by atoms with Crippen LogP contribution >= 0.6 is 0 Å². The molecule has 1 aromatic rings. The number of nitrogens with zero attached hydrogens (tertiary/aromatic N) is 2. The van der Waals surface area contributed by atoms with Gasteiger partial charge in [-0.05, 0) is 37.5 Å². The molecule has 8 nitrogen and oxygen atoms in total. The van der Waals surface area contributed by atoms with Gasteiger partial charge >= 0.3 is 24.3 Å². The average molecular weight is 445 g/mol. The Morgan fingerprint density at radius 2 is 2.00 bits per heavy atom. The standard InChI is InChI=1S/C20H26F3N3O5/c1-2-31-18(29)24-8-3-4-9-25-10-11-26(19(25)30)16(13-17(27)28)14-6-5-7-15(12-14)20(21,22)23/h5-7,12,16H,2-4,8-11,13H2,1H3,(H,24,29)(H,27,28). The number of urea groups is 1. The average Bonchev–Trinajstić information content (AvgIpc) is 3.05. The molecule has 0 aromatic heterocycles. The number of carbonyl (C=O) groups excluding carboxylic acids is 2. The van der Waals surface area contributed by atoms with E-state index in [2.05, 4.69) is 5.32 Å². The first kappa shape index (κ1) is 24.3. The number of rotatable bonds is 10. The zero-order valence-electron chi connectivity index (χ0n) is 17.2. The van der Waals surface area contributed by atoms with Crippen molar-refractivity contribution < 1.29 is 37.4 Å². The smallest absolute Gasteiger partial charge is 0.416 e. The quantitative estimate of drug-likeness (QED) is 0.537. The maximum atomic E-state index is 13.1. The van der Waals surface area contributed by atoms with E-state index in [1.165, 1.54) is 21.9 Å². The fourth-order valence-corrected chi connectivity index (χ4v) is 3.39. The highest BCUT2D eigenvalue weighted by atomic mass is 19.4. The number of carbonyl (C=O) groups is 3. The minimum atomic E-state index is -4.57. The van der Waals surface area contributed by atoms with Gasteiger partial charge in [0.05, 0.1) is 24.6 Å². The van der Waals surface area contributed by atoms with Crippen molar-refractivity contribution in [1.29, 1.82) is 0 Å². The molecule has 2 rings (SSSR count). The first-order valence-electron chi connectivity index (χ1n) is 9.98. The summed E-state index contributed by atoms with van der Waals surface area (Å²) in [7, 11) is 0. The minimum Gasteiger partial charge on any atom is -0.481 e. The van der Waals surface area contributed by atoms with Crippen LogP contribution in [-0.4, -0.2) is 65.8 Å². The molecule has 1 aliphatic heterocycles. The molecule has 11 heteroatoms. The molecule has 3 amide bonds. The van der Waals surface area contributed by atoms with Gasteiger partial charge in [-0.3, -0.25) is 4.79 Å². The molecule has 2 N–H and O–H groups in total. The van der Waals surface area contributed by atoms with Crippen LogP contribution in [0.25, 0.3) is 0 Å². The van der Waals surface area contributed by atoms with Crippen molar-refractivity contribution in [3.8, 4) is 0 Å². The monoisotopic (exact) mass is 445 g/mol. The molecular formula is C20H26F3N3O5. The summed E-state index contributed by atoms with van der Waals surface area (Å²) in [6, 6.07) is 3.00. The zero-order chi connectivity index (χ0) is 23.0. The lowest BCUT2D eigenvalue weighted by atomic mass is 10.00. The zero-order valence-corrected chi connectivity index (χ0v) is 17.2. The van der Waals surface area contributed by atoms with Crippen LogP contribution in [0.15, 0.2) is 24.3 Å². The van der Waals surface area contributed by atoms with Crippen molar-refractivity contribution in [3.63, 3.8) is 0 Å². The normalized spacial score (nSPS) is 15.2. The van der Waals surface area contributed by atoms with Crippen molar-refractivity contribution in [2.45, 2.75) is 38.4 Å². The van der Waals surface area contributed by atoms with Crippen LogP contribution in [0, 0.1) is 0 Å². The number of alkyl carbamates (subject to hydrolysis) is 1. The van der Waals surface area contributed by atoms with Crippen LogP contribution in [-0.2, 0) is 15.7 Å². The summed E-state index contributed by atoms with van der Waals surface area (Å²) in [5.41, 5.74) is -0.760. The molecule has 1 aromatic carbocycles. The lowest BCUT2D eigenvalue weighted by Gasteiger charge is -2.28. The highest BCUT2D eigenvalue weighted by molar-refractivity contribution is 5.78. The first-order chi connectivity index (χ1) is 14.6. The van der Waals surface area contributed by atoms with Crippen molar-refractivity contribution in [1.82, 2.24) is 15.1 Å². The largest absolute Gasteiger partial charge is 0.481 e. The number of benzene rings is 1. The Hall–Kier alpha value is -2.98. The highest BCUT2D eigenvalue weighted by Gasteiger charge is 2.37. The van der Waals surface area contributed by atoms with Crippen molar-refractivity contribution in [2.75, 3.05) is 32.8 Å². The van der Waals surface area contributed by atoms with Gasteiger partial charge in [0.25, 0.3) is 0 Å². The maximum Gasteiger partial charge on any atom is 0.416 e. The Bertz CT molecular complexity index is 788. The van der Waals surface area contributed by atoms with E-state index in [0.717, 1.165) is 12.1 Å². The van der Waals surface area contributed by atoms with E-state index in [1.807, 2.05) is 0 Å². The van der Waals surface area contributed by atoms with E-state index in [4.69, 9.17) is 4.74 Å². The number of hydrogen-bond donors (Lipinski definition) is 2. The number of alkyl halides is 3. The molecule has 0 radical (unpaired) electrons. The Morgan fingerprint density at radius 1 is 1.26 bits per heavy atom. The molecule has 1 heterocycles. The number of hydrogen-bond acceptors (Lipinski definition) is 4. The third kappa shape index (κ3) is 7.04. The predicted octanol–water partition coefficient (Wildman–Crippen LogP) is 3.49. The summed E-state index contributed by atoms with van der Waals surface area (Å²) in [5.74, 6) is -1.21. The fourth-order valence-electron chi connectivity index (χ4n) is 3.39. The second-order valence-electron chi connectivity index (χ2n) is 7.05. The van der Waals surface area contributed by atoms with E-state index in [9.17, 15) is 32.7 Å². The van der Waals surface area contributed by atoms with Crippen molar-refractivity contribution in [3.05, 3.63) is 35.4 Å². The van der Waals surface area contributed by atoms with Crippen LogP contribution in [0.4, 0.5) is 22.8 Å². The predicted molar refractivity (Wildman–Crippen MR) is 104 cm³/mol. The van der Waals surface area contributed by atoms with E-state index in [1.54, 1.807) is 6.92 Å². The molecule has 0 aliphatic carbocycles. The number of nitrogens with one attached hydrogen (secondary N) is 1. The molecule has 1 atom stereocenters. The van der Waals surface area contributed by atoms with Gasteiger partial charge in [-0.1, -0.05) is 12.1 Å². The lowest BCUT2D eigenvalue weighted by molar-refractivity contribution is -0.138. The molecule has 1 fully saturated rings. The molecule has 1 saturated heterocycles. The number of unbranched alkanes of at least 4 members (excludes halogenated alkanes) is 1. The summed E-state index contributed by atoms with van der Waals surface area (Å²) < 4.78 is 43.9. The summed E-state index contributed by atoms with van der Waals surface area (Å²) in [4.78, 5) is 38.2. The molecule has 0 bridgehead atoms. The second-order valence-corrected chi connectivity index (χ2v) is 7.05. The highest BCUT2D eigenvalue weighted by Crippen LogP contribution is 2.34. The van der Waals surface area contributed by atoms with Crippen LogP contribution < -0.4 is 5.32 Å². The SMILES string of the molecule is CCOC(=O)NCCCCN1CCN(C(CC(=O)O)c2cccc(C(F)(F)F)c2)C1=O. The van der Waals surface area contributed by atoms with Crippen molar-refractivity contribution >= 4 is 18.1 Å². The third-order valence-corrected chi connectivity index (χ3v) is 4.87. The number of ether oxygens (including phenoxy) is 1. The lowest BCUT2D eigenvalue weighted by Crippen LogP contribution is -2.36. The second kappa shape index (κ2) is 10.9. The van der Waals surface area contributed by atoms with Gasteiger partial charge in [-0.15, -0.1) is 0 Å². The molecule has 1 aliphatic rings. The van der Waals surface area contributed by atoms with Gasteiger partial charge in [0.15, 0.2) is 0 Å². The van der Waals surface area contributed by atoms with Gasteiger partial charge in [-0.2, -0.15) is 13.2 Å². The van der Waals surface area contributed by atoms with Gasteiger partial charge in [0, 0.05) is 26.2 Å². The molecule has 172 valence electrons. The van der Waals surface area contributed by atoms with Gasteiger partial charge in [-0.25, -0.2) is 9.59 Å². The topological polar surface area (TPSA) is 99.2 Å². The minimum absolute atomic E-state index is 0.131. The summed E-state index contributed by atoms with van der Waals surface area (Å²) in [6.45, 7) is 3.31. The molecule has 31 heavy (non-hydrogen) atoms. The van der Waals surface area contributed by atoms with E-state index in [-0.39, 0.29) is 18.7 Å². The summed E-state index contributed by atoms with van der Waals surface area (Å²) in [6.07, 6.45) is -4.37. The van der Waals surface area contributed by atoms with Crippen LogP contribution in [0.1, 0.15) is 43.4 Å². The number of carboxylic acid groups (broad SMARTS) is 1. The number of halogens is 3. The number of amides is 3. The van der Waals surface area contributed by atoms with Crippen LogP contribution in [0.3, 0.4) is 0 Å². The van der Waals surface area contributed by atoms with E-state index >= 15 is 0 Å². The Balaban J connectivity index is 2.00. The summed E-state index contributed by atoms with van der Waals surface area (Å²) in [5, 5.41) is 11.8. The molecule has 0 spiro atoms. The van der Waals surface area contributed by atoms with Gasteiger partial charge in [0.1, 0.15) is 0 Å². The molecular weight excluding hydrogens is 419 g/mol. The first-order valence-corrected chi connectivity index (χ1v) is 9.98. The summed E-state index contributed by atoms with van der Waals surface area (Å²) >= 11 is 0. The Kier molecular flexibility index (Phi) is 8.52. The van der Waals surface area contributed by atoms with E-state index in [0.29, 0.717) is 32.5 Å². The maximum absolute atomic E-state index is 13.1. The Morgan fingerprint density at radius 3 is 2.65 bits per heavy atom. The van der Waals surface area contributed by atoms with Crippen molar-refractivity contribution in [2.24, 2.45) is 0 Å². The Labute approximate surface area is 177 Å². The fraction of sp³-hybridized carbons (Fsp3) is 0.550. The molecule has 0 saturated carbocycles. The van der Waals surface area contributed by atoms with E-state index < -0.39 is 42.3 Å².